The lowest BCUT2D eigenvalue weighted by molar-refractivity contribution is 0.746. The average Bonchev–Trinajstić information content (AvgIpc) is 2.85. The quantitative estimate of drug-likeness (QED) is 0.605. The second kappa shape index (κ2) is 7.31. The molecule has 7 heteroatoms. The molecule has 0 unspecified atom stereocenters. The first kappa shape index (κ1) is 15.6. The molecule has 2 aromatic rings. The van der Waals surface area contributed by atoms with Crippen molar-refractivity contribution in [1.82, 2.24) is 19.7 Å². The lowest BCUT2D eigenvalue weighted by Gasteiger charge is -2.09. The van der Waals surface area contributed by atoms with Crippen LogP contribution in [0.3, 0.4) is 0 Å². The standard InChI is InChI=1S/C14H22N6S/c1-5-11-10(9-20(3)19-11)8-16-13-7-12(15-6-2)17-14(18-13)21-4/h7,9H,5-6,8H2,1-4H3,(H2,15,16,17,18). The maximum absolute atomic E-state index is 4.49. The Morgan fingerprint density at radius 1 is 1.19 bits per heavy atom. The molecule has 0 atom stereocenters. The van der Waals surface area contributed by atoms with Crippen LogP contribution in [-0.4, -0.2) is 32.5 Å². The van der Waals surface area contributed by atoms with Gasteiger partial charge in [0.1, 0.15) is 11.6 Å². The first-order valence-electron chi connectivity index (χ1n) is 7.08. The van der Waals surface area contributed by atoms with E-state index in [1.807, 2.05) is 30.2 Å². The lowest BCUT2D eigenvalue weighted by atomic mass is 10.2. The van der Waals surface area contributed by atoms with Crippen molar-refractivity contribution in [3.8, 4) is 0 Å². The Labute approximate surface area is 129 Å². The fourth-order valence-corrected chi connectivity index (χ4v) is 2.47. The van der Waals surface area contributed by atoms with E-state index >= 15 is 0 Å². The molecule has 2 rings (SSSR count). The molecule has 6 nitrogen and oxygen atoms in total. The minimum atomic E-state index is 0.716. The number of aromatic nitrogens is 4. The Kier molecular flexibility index (Phi) is 5.44. The maximum Gasteiger partial charge on any atom is 0.191 e. The van der Waals surface area contributed by atoms with Gasteiger partial charge in [0, 0.05) is 38.0 Å². The highest BCUT2D eigenvalue weighted by Gasteiger charge is 2.07. The summed E-state index contributed by atoms with van der Waals surface area (Å²) < 4.78 is 1.85. The molecule has 0 aliphatic carbocycles. The number of aryl methyl sites for hydroxylation is 2. The zero-order valence-electron chi connectivity index (χ0n) is 13.0. The Morgan fingerprint density at radius 3 is 2.52 bits per heavy atom. The smallest absolute Gasteiger partial charge is 0.191 e. The summed E-state index contributed by atoms with van der Waals surface area (Å²) in [6.07, 6.45) is 4.96. The van der Waals surface area contributed by atoms with Crippen LogP contribution in [0.1, 0.15) is 25.1 Å². The highest BCUT2D eigenvalue weighted by Crippen LogP contribution is 2.18. The van der Waals surface area contributed by atoms with Gasteiger partial charge in [-0.15, -0.1) is 0 Å². The third-order valence-electron chi connectivity index (χ3n) is 3.03. The molecular weight excluding hydrogens is 284 g/mol. The summed E-state index contributed by atoms with van der Waals surface area (Å²) in [5, 5.41) is 11.8. The van der Waals surface area contributed by atoms with Gasteiger partial charge >= 0.3 is 0 Å². The van der Waals surface area contributed by atoms with E-state index in [0.717, 1.165) is 35.5 Å². The number of anilines is 2. The van der Waals surface area contributed by atoms with E-state index in [0.29, 0.717) is 6.54 Å². The molecule has 0 aromatic carbocycles. The van der Waals surface area contributed by atoms with E-state index in [2.05, 4.69) is 39.5 Å². The Balaban J connectivity index is 2.13. The molecule has 2 aromatic heterocycles. The summed E-state index contributed by atoms with van der Waals surface area (Å²) >= 11 is 1.54. The predicted octanol–water partition coefficient (Wildman–Crippen LogP) is 2.54. The molecule has 0 radical (unpaired) electrons. The van der Waals surface area contributed by atoms with Crippen LogP contribution < -0.4 is 10.6 Å². The van der Waals surface area contributed by atoms with Crippen molar-refractivity contribution in [2.45, 2.75) is 32.0 Å². The third kappa shape index (κ3) is 4.10. The van der Waals surface area contributed by atoms with Crippen molar-refractivity contribution in [2.75, 3.05) is 23.4 Å². The van der Waals surface area contributed by atoms with E-state index in [1.54, 1.807) is 0 Å². The van der Waals surface area contributed by atoms with E-state index in [9.17, 15) is 0 Å². The molecular formula is C14H22N6S. The SMILES string of the molecule is CCNc1cc(NCc2cn(C)nc2CC)nc(SC)n1. The Hall–Kier alpha value is -1.76. The van der Waals surface area contributed by atoms with Crippen LogP contribution in [0.4, 0.5) is 11.6 Å². The molecule has 0 spiro atoms. The number of hydrogen-bond acceptors (Lipinski definition) is 6. The molecule has 114 valence electrons. The van der Waals surface area contributed by atoms with Gasteiger partial charge in [-0.2, -0.15) is 5.10 Å². The highest BCUT2D eigenvalue weighted by molar-refractivity contribution is 7.98. The first-order valence-corrected chi connectivity index (χ1v) is 8.31. The van der Waals surface area contributed by atoms with Crippen molar-refractivity contribution in [1.29, 1.82) is 0 Å². The van der Waals surface area contributed by atoms with E-state index in [4.69, 9.17) is 0 Å². The number of rotatable bonds is 7. The fraction of sp³-hybridized carbons (Fsp3) is 0.500. The zero-order valence-corrected chi connectivity index (χ0v) is 13.8. The van der Waals surface area contributed by atoms with Crippen LogP contribution in [0.25, 0.3) is 0 Å². The molecule has 0 bridgehead atoms. The highest BCUT2D eigenvalue weighted by atomic mass is 32.2. The number of thioether (sulfide) groups is 1. The van der Waals surface area contributed by atoms with Crippen LogP contribution >= 0.6 is 11.8 Å². The lowest BCUT2D eigenvalue weighted by Crippen LogP contribution is -2.06. The topological polar surface area (TPSA) is 67.7 Å². The van der Waals surface area contributed by atoms with Crippen molar-refractivity contribution >= 4 is 23.4 Å². The summed E-state index contributed by atoms with van der Waals surface area (Å²) in [6.45, 7) is 5.73. The van der Waals surface area contributed by atoms with Crippen molar-refractivity contribution in [3.05, 3.63) is 23.5 Å². The molecule has 0 amide bonds. The molecule has 0 fully saturated rings. The zero-order chi connectivity index (χ0) is 15.2. The molecule has 0 aliphatic heterocycles. The molecule has 21 heavy (non-hydrogen) atoms. The summed E-state index contributed by atoms with van der Waals surface area (Å²) in [4.78, 5) is 8.90. The number of nitrogens with one attached hydrogen (secondary N) is 2. The molecule has 0 saturated carbocycles. The van der Waals surface area contributed by atoms with Crippen LogP contribution in [0, 0.1) is 0 Å². The van der Waals surface area contributed by atoms with Crippen molar-refractivity contribution in [2.24, 2.45) is 7.05 Å². The van der Waals surface area contributed by atoms with Gasteiger partial charge in [0.05, 0.1) is 5.69 Å². The second-order valence-electron chi connectivity index (χ2n) is 4.64. The summed E-state index contributed by atoms with van der Waals surface area (Å²) in [7, 11) is 1.95. The van der Waals surface area contributed by atoms with Gasteiger partial charge in [0.15, 0.2) is 5.16 Å². The van der Waals surface area contributed by atoms with Crippen LogP contribution in [0.2, 0.25) is 0 Å². The van der Waals surface area contributed by atoms with Crippen molar-refractivity contribution < 1.29 is 0 Å². The first-order chi connectivity index (χ1) is 10.2. The largest absolute Gasteiger partial charge is 0.370 e. The van der Waals surface area contributed by atoms with Gasteiger partial charge in [-0.1, -0.05) is 18.7 Å². The van der Waals surface area contributed by atoms with Gasteiger partial charge in [-0.05, 0) is 19.6 Å². The molecule has 2 heterocycles. The van der Waals surface area contributed by atoms with E-state index < -0.39 is 0 Å². The van der Waals surface area contributed by atoms with Crippen LogP contribution in [0.5, 0.6) is 0 Å². The predicted molar refractivity (Wildman–Crippen MR) is 87.9 cm³/mol. The van der Waals surface area contributed by atoms with Crippen LogP contribution in [0.15, 0.2) is 17.4 Å². The third-order valence-corrected chi connectivity index (χ3v) is 3.58. The summed E-state index contributed by atoms with van der Waals surface area (Å²) in [6, 6.07) is 1.94. The summed E-state index contributed by atoms with van der Waals surface area (Å²) in [5.74, 6) is 1.68. The number of nitrogens with zero attached hydrogens (tertiary/aromatic N) is 4. The van der Waals surface area contributed by atoms with Gasteiger partial charge in [-0.25, -0.2) is 9.97 Å². The van der Waals surface area contributed by atoms with Gasteiger partial charge < -0.3 is 10.6 Å². The van der Waals surface area contributed by atoms with Crippen LogP contribution in [-0.2, 0) is 20.0 Å². The molecule has 0 aliphatic rings. The molecule has 2 N–H and O–H groups in total. The monoisotopic (exact) mass is 306 g/mol. The van der Waals surface area contributed by atoms with Gasteiger partial charge in [0.25, 0.3) is 0 Å². The Morgan fingerprint density at radius 2 is 1.90 bits per heavy atom. The maximum atomic E-state index is 4.49. The van der Waals surface area contributed by atoms with E-state index in [1.165, 1.54) is 17.3 Å². The normalized spacial score (nSPS) is 10.7. The van der Waals surface area contributed by atoms with Gasteiger partial charge in [0.2, 0.25) is 0 Å². The minimum Gasteiger partial charge on any atom is -0.370 e. The summed E-state index contributed by atoms with van der Waals surface area (Å²) in [5.41, 5.74) is 2.32. The second-order valence-corrected chi connectivity index (χ2v) is 5.41. The van der Waals surface area contributed by atoms with E-state index in [-0.39, 0.29) is 0 Å². The number of hydrogen-bond donors (Lipinski definition) is 2. The molecule has 0 saturated heterocycles. The van der Waals surface area contributed by atoms with Gasteiger partial charge in [-0.3, -0.25) is 4.68 Å². The van der Waals surface area contributed by atoms with Crippen molar-refractivity contribution in [3.63, 3.8) is 0 Å². The minimum absolute atomic E-state index is 0.716. The Bertz CT molecular complexity index is 595. The fourth-order valence-electron chi connectivity index (χ4n) is 2.09. The average molecular weight is 306 g/mol.